The summed E-state index contributed by atoms with van der Waals surface area (Å²) < 4.78 is 5.20. The van der Waals surface area contributed by atoms with E-state index >= 15 is 0 Å². The minimum absolute atomic E-state index is 0.112. The lowest BCUT2D eigenvalue weighted by molar-refractivity contribution is 0.192. The lowest BCUT2D eigenvalue weighted by Gasteiger charge is -2.16. The Labute approximate surface area is 96.5 Å². The van der Waals surface area contributed by atoms with Gasteiger partial charge >= 0.3 is 0 Å². The first-order valence-corrected chi connectivity index (χ1v) is 5.63. The van der Waals surface area contributed by atoms with Crippen molar-refractivity contribution >= 4 is 0 Å². The Kier molecular flexibility index (Phi) is 4.44. The molecule has 1 aromatic rings. The van der Waals surface area contributed by atoms with E-state index in [9.17, 15) is 0 Å². The van der Waals surface area contributed by atoms with Gasteiger partial charge < -0.3 is 9.63 Å². The molecule has 1 rings (SSSR count). The molecule has 0 aliphatic carbocycles. The summed E-state index contributed by atoms with van der Waals surface area (Å²) >= 11 is 0. The lowest BCUT2D eigenvalue weighted by Crippen LogP contribution is -2.26. The number of aliphatic hydroxyl groups excluding tert-OH is 1. The van der Waals surface area contributed by atoms with Gasteiger partial charge in [-0.3, -0.25) is 4.90 Å². The molecule has 0 atom stereocenters. The Balaban J connectivity index is 2.64. The Morgan fingerprint density at radius 2 is 2.06 bits per heavy atom. The molecule has 0 saturated carbocycles. The average molecular weight is 227 g/mol. The van der Waals surface area contributed by atoms with Crippen LogP contribution in [0.5, 0.6) is 0 Å². The summed E-state index contributed by atoms with van der Waals surface area (Å²) in [5.74, 6) is 1.34. The van der Waals surface area contributed by atoms with Gasteiger partial charge in [-0.2, -0.15) is 4.98 Å². The third-order valence-electron chi connectivity index (χ3n) is 2.34. The van der Waals surface area contributed by atoms with E-state index in [0.29, 0.717) is 24.8 Å². The van der Waals surface area contributed by atoms with Crippen molar-refractivity contribution in [2.75, 3.05) is 19.7 Å². The third-order valence-corrected chi connectivity index (χ3v) is 2.34. The first kappa shape index (κ1) is 13.1. The topological polar surface area (TPSA) is 62.4 Å². The molecule has 16 heavy (non-hydrogen) atoms. The van der Waals surface area contributed by atoms with E-state index in [-0.39, 0.29) is 12.0 Å². The van der Waals surface area contributed by atoms with E-state index in [1.807, 2.05) is 27.7 Å². The summed E-state index contributed by atoms with van der Waals surface area (Å²) in [6.45, 7) is 10.4. The molecular formula is C11H21N3O2. The van der Waals surface area contributed by atoms with Gasteiger partial charge in [0.15, 0.2) is 5.82 Å². The van der Waals surface area contributed by atoms with Crippen molar-refractivity contribution in [2.45, 2.75) is 39.7 Å². The van der Waals surface area contributed by atoms with Crippen LogP contribution < -0.4 is 0 Å². The van der Waals surface area contributed by atoms with Crippen LogP contribution in [0.4, 0.5) is 0 Å². The average Bonchev–Trinajstić information content (AvgIpc) is 2.65. The van der Waals surface area contributed by atoms with Crippen LogP contribution in [0.25, 0.3) is 0 Å². The summed E-state index contributed by atoms with van der Waals surface area (Å²) in [5, 5.41) is 12.8. The SMILES string of the molecule is CCN(CCO)Cc1noc(C(C)(C)C)n1. The van der Waals surface area contributed by atoms with Gasteiger partial charge in [0.1, 0.15) is 0 Å². The van der Waals surface area contributed by atoms with Gasteiger partial charge in [-0.15, -0.1) is 0 Å². The molecule has 0 unspecified atom stereocenters. The molecule has 92 valence electrons. The van der Waals surface area contributed by atoms with Crippen LogP contribution >= 0.6 is 0 Å². The van der Waals surface area contributed by atoms with E-state index in [4.69, 9.17) is 9.63 Å². The van der Waals surface area contributed by atoms with E-state index in [0.717, 1.165) is 6.54 Å². The van der Waals surface area contributed by atoms with Crippen LogP contribution in [0.15, 0.2) is 4.52 Å². The number of nitrogens with zero attached hydrogens (tertiary/aromatic N) is 3. The van der Waals surface area contributed by atoms with Crippen LogP contribution in [-0.2, 0) is 12.0 Å². The molecule has 0 aliphatic heterocycles. The highest BCUT2D eigenvalue weighted by Gasteiger charge is 2.22. The molecule has 1 aromatic heterocycles. The molecule has 5 heteroatoms. The predicted octanol–water partition coefficient (Wildman–Crippen LogP) is 1.18. The second-order valence-electron chi connectivity index (χ2n) is 4.86. The van der Waals surface area contributed by atoms with Crippen molar-refractivity contribution in [3.05, 3.63) is 11.7 Å². The van der Waals surface area contributed by atoms with Gasteiger partial charge in [-0.05, 0) is 6.54 Å². The van der Waals surface area contributed by atoms with E-state index < -0.39 is 0 Å². The Hall–Kier alpha value is -0.940. The first-order valence-electron chi connectivity index (χ1n) is 5.63. The molecular weight excluding hydrogens is 206 g/mol. The van der Waals surface area contributed by atoms with Crippen LogP contribution in [0.3, 0.4) is 0 Å². The molecule has 0 fully saturated rings. The number of hydrogen-bond donors (Lipinski definition) is 1. The van der Waals surface area contributed by atoms with Gasteiger partial charge in [0.25, 0.3) is 0 Å². The summed E-state index contributed by atoms with van der Waals surface area (Å²) in [7, 11) is 0. The molecule has 0 spiro atoms. The first-order chi connectivity index (χ1) is 7.47. The van der Waals surface area contributed by atoms with Crippen molar-refractivity contribution in [2.24, 2.45) is 0 Å². The molecule has 1 heterocycles. The van der Waals surface area contributed by atoms with Crippen molar-refractivity contribution in [1.29, 1.82) is 0 Å². The van der Waals surface area contributed by atoms with Gasteiger partial charge in [-0.25, -0.2) is 0 Å². The maximum absolute atomic E-state index is 8.87. The number of aromatic nitrogens is 2. The highest BCUT2D eigenvalue weighted by molar-refractivity contribution is 4.98. The third kappa shape index (κ3) is 3.57. The van der Waals surface area contributed by atoms with Crippen molar-refractivity contribution in [3.63, 3.8) is 0 Å². The van der Waals surface area contributed by atoms with Gasteiger partial charge in [-0.1, -0.05) is 32.9 Å². The Morgan fingerprint density at radius 3 is 2.50 bits per heavy atom. The largest absolute Gasteiger partial charge is 0.395 e. The van der Waals surface area contributed by atoms with Crippen LogP contribution in [0.1, 0.15) is 39.4 Å². The summed E-state index contributed by atoms with van der Waals surface area (Å²) in [4.78, 5) is 6.42. The molecule has 0 bridgehead atoms. The van der Waals surface area contributed by atoms with Crippen LogP contribution in [0.2, 0.25) is 0 Å². The van der Waals surface area contributed by atoms with Crippen LogP contribution in [-0.4, -0.2) is 39.8 Å². The van der Waals surface area contributed by atoms with E-state index in [2.05, 4.69) is 15.0 Å². The standard InChI is InChI=1S/C11H21N3O2/c1-5-14(6-7-15)8-9-12-10(16-13-9)11(2,3)4/h15H,5-8H2,1-4H3. The van der Waals surface area contributed by atoms with Crippen LogP contribution in [0, 0.1) is 0 Å². The smallest absolute Gasteiger partial charge is 0.232 e. The second kappa shape index (κ2) is 5.41. The number of rotatable bonds is 5. The minimum Gasteiger partial charge on any atom is -0.395 e. The maximum Gasteiger partial charge on any atom is 0.232 e. The minimum atomic E-state index is -0.112. The molecule has 5 nitrogen and oxygen atoms in total. The number of aliphatic hydroxyl groups is 1. The monoisotopic (exact) mass is 227 g/mol. The summed E-state index contributed by atoms with van der Waals surface area (Å²) in [5.41, 5.74) is -0.112. The highest BCUT2D eigenvalue weighted by Crippen LogP contribution is 2.19. The van der Waals surface area contributed by atoms with Gasteiger partial charge in [0, 0.05) is 12.0 Å². The molecule has 0 saturated heterocycles. The van der Waals surface area contributed by atoms with Crippen molar-refractivity contribution < 1.29 is 9.63 Å². The highest BCUT2D eigenvalue weighted by atomic mass is 16.5. The number of hydrogen-bond acceptors (Lipinski definition) is 5. The zero-order chi connectivity index (χ0) is 12.2. The predicted molar refractivity (Wildman–Crippen MR) is 61.0 cm³/mol. The Bertz CT molecular complexity index is 317. The van der Waals surface area contributed by atoms with Gasteiger partial charge in [0.2, 0.25) is 5.89 Å². The molecule has 1 N–H and O–H groups in total. The second-order valence-corrected chi connectivity index (χ2v) is 4.86. The fourth-order valence-corrected chi connectivity index (χ4v) is 1.31. The van der Waals surface area contributed by atoms with E-state index in [1.165, 1.54) is 0 Å². The fourth-order valence-electron chi connectivity index (χ4n) is 1.31. The zero-order valence-electron chi connectivity index (χ0n) is 10.5. The molecule has 0 aliphatic rings. The van der Waals surface area contributed by atoms with Crippen molar-refractivity contribution in [3.8, 4) is 0 Å². The normalized spacial score (nSPS) is 12.4. The van der Waals surface area contributed by atoms with Gasteiger partial charge in [0.05, 0.1) is 13.2 Å². The molecule has 0 aromatic carbocycles. The van der Waals surface area contributed by atoms with E-state index in [1.54, 1.807) is 0 Å². The number of likely N-dealkylation sites (N-methyl/N-ethyl adjacent to an activating group) is 1. The zero-order valence-corrected chi connectivity index (χ0v) is 10.5. The summed E-state index contributed by atoms with van der Waals surface area (Å²) in [6.07, 6.45) is 0. The lowest BCUT2D eigenvalue weighted by atomic mass is 9.97. The molecule has 0 radical (unpaired) electrons. The van der Waals surface area contributed by atoms with Crippen molar-refractivity contribution in [1.82, 2.24) is 15.0 Å². The molecule has 0 amide bonds. The fraction of sp³-hybridized carbons (Fsp3) is 0.818. The quantitative estimate of drug-likeness (QED) is 0.818. The maximum atomic E-state index is 8.87. The Morgan fingerprint density at radius 1 is 1.38 bits per heavy atom. The summed E-state index contributed by atoms with van der Waals surface area (Å²) in [6, 6.07) is 0.